The SMILES string of the molecule is CCCOCC(C)C(O[Si](C)(C)C(C)(C)C)C(C)CC(C)C(O[Si](C)(C)C(C)(C)C)C(C)C(C)OC. The molecule has 0 saturated carbocycles. The van der Waals surface area contributed by atoms with Crippen molar-refractivity contribution in [2.24, 2.45) is 23.7 Å². The van der Waals surface area contributed by atoms with Crippen LogP contribution in [-0.2, 0) is 18.3 Å². The van der Waals surface area contributed by atoms with Crippen LogP contribution in [0, 0.1) is 23.7 Å². The standard InChI is InChI=1S/C30H66O4Si2/c1-18-19-32-21-24(4)27(33-35(14,15)29(7,8)9)22(2)20-23(3)28(25(5)26(6)31-13)34-36(16,17)30(10,11)12/h22-28H,18-21H2,1-17H3. The quantitative estimate of drug-likeness (QED) is 0.143. The van der Waals surface area contributed by atoms with Gasteiger partial charge in [0.1, 0.15) is 0 Å². The molecule has 0 saturated heterocycles. The van der Waals surface area contributed by atoms with Crippen molar-refractivity contribution in [1.82, 2.24) is 0 Å². The van der Waals surface area contributed by atoms with Gasteiger partial charge in [0.25, 0.3) is 0 Å². The molecule has 0 aromatic rings. The predicted octanol–water partition coefficient (Wildman–Crippen LogP) is 9.16. The number of methoxy groups -OCH3 is 1. The van der Waals surface area contributed by atoms with Crippen LogP contribution in [0.4, 0.5) is 0 Å². The van der Waals surface area contributed by atoms with Gasteiger partial charge in [-0.05, 0) is 67.9 Å². The largest absolute Gasteiger partial charge is 0.413 e. The Hall–Kier alpha value is 0.274. The van der Waals surface area contributed by atoms with Gasteiger partial charge in [-0.25, -0.2) is 0 Å². The summed E-state index contributed by atoms with van der Waals surface area (Å²) < 4.78 is 26.1. The summed E-state index contributed by atoms with van der Waals surface area (Å²) >= 11 is 0. The molecule has 0 amide bonds. The summed E-state index contributed by atoms with van der Waals surface area (Å²) in [6.45, 7) is 38.8. The van der Waals surface area contributed by atoms with Gasteiger partial charge >= 0.3 is 0 Å². The molecule has 0 aromatic heterocycles. The van der Waals surface area contributed by atoms with E-state index >= 15 is 0 Å². The third-order valence-electron chi connectivity index (χ3n) is 9.26. The Labute approximate surface area is 229 Å². The summed E-state index contributed by atoms with van der Waals surface area (Å²) in [5.74, 6) is 1.47. The van der Waals surface area contributed by atoms with Gasteiger partial charge in [-0.2, -0.15) is 0 Å². The lowest BCUT2D eigenvalue weighted by Crippen LogP contribution is -2.50. The maximum atomic E-state index is 7.13. The molecule has 0 rings (SSSR count). The summed E-state index contributed by atoms with van der Waals surface area (Å²) in [7, 11) is -2.05. The summed E-state index contributed by atoms with van der Waals surface area (Å²) in [5, 5.41) is 0.350. The molecule has 218 valence electrons. The zero-order valence-electron chi connectivity index (χ0n) is 27.5. The van der Waals surface area contributed by atoms with E-state index < -0.39 is 16.6 Å². The molecule has 0 aliphatic carbocycles. The van der Waals surface area contributed by atoms with Crippen molar-refractivity contribution in [1.29, 1.82) is 0 Å². The molecule has 0 aliphatic rings. The van der Waals surface area contributed by atoms with Gasteiger partial charge in [-0.1, -0.05) is 76.2 Å². The van der Waals surface area contributed by atoms with Crippen molar-refractivity contribution in [3.63, 3.8) is 0 Å². The first-order valence-electron chi connectivity index (χ1n) is 14.6. The Kier molecular flexibility index (Phi) is 14.7. The van der Waals surface area contributed by atoms with Crippen molar-refractivity contribution in [2.45, 2.75) is 151 Å². The first-order chi connectivity index (χ1) is 16.1. The Morgan fingerprint density at radius 1 is 0.667 bits per heavy atom. The first-order valence-corrected chi connectivity index (χ1v) is 20.4. The lowest BCUT2D eigenvalue weighted by Gasteiger charge is -2.46. The predicted molar refractivity (Wildman–Crippen MR) is 163 cm³/mol. The highest BCUT2D eigenvalue weighted by atomic mass is 28.4. The van der Waals surface area contributed by atoms with E-state index in [1.165, 1.54) is 0 Å². The minimum atomic E-state index is -1.94. The normalized spacial score (nSPS) is 19.9. The van der Waals surface area contributed by atoms with Crippen molar-refractivity contribution < 1.29 is 18.3 Å². The molecule has 0 radical (unpaired) electrons. The van der Waals surface area contributed by atoms with E-state index in [1.807, 2.05) is 7.11 Å². The molecule has 0 heterocycles. The smallest absolute Gasteiger partial charge is 0.192 e. The highest BCUT2D eigenvalue weighted by Crippen LogP contribution is 2.42. The number of ether oxygens (including phenoxy) is 2. The zero-order valence-corrected chi connectivity index (χ0v) is 29.5. The molecule has 7 unspecified atom stereocenters. The van der Waals surface area contributed by atoms with E-state index in [0.29, 0.717) is 23.7 Å². The van der Waals surface area contributed by atoms with Gasteiger partial charge in [0, 0.05) is 25.6 Å². The lowest BCUT2D eigenvalue weighted by molar-refractivity contribution is -0.0279. The third-order valence-corrected chi connectivity index (χ3v) is 18.2. The van der Waals surface area contributed by atoms with Crippen LogP contribution in [0.3, 0.4) is 0 Å². The Morgan fingerprint density at radius 2 is 1.08 bits per heavy atom. The number of hydrogen-bond donors (Lipinski definition) is 0. The molecule has 0 aliphatic heterocycles. The van der Waals surface area contributed by atoms with Crippen molar-refractivity contribution in [2.75, 3.05) is 20.3 Å². The molecule has 0 bridgehead atoms. The van der Waals surface area contributed by atoms with Crippen LogP contribution in [0.15, 0.2) is 0 Å². The lowest BCUT2D eigenvalue weighted by atomic mass is 9.81. The van der Waals surface area contributed by atoms with Crippen molar-refractivity contribution >= 4 is 16.6 Å². The topological polar surface area (TPSA) is 36.9 Å². The Bertz CT molecular complexity index is 609. The maximum absolute atomic E-state index is 7.13. The second kappa shape index (κ2) is 14.6. The Balaban J connectivity index is 6.00. The van der Waals surface area contributed by atoms with Gasteiger partial charge in [0.05, 0.1) is 24.9 Å². The fraction of sp³-hybridized carbons (Fsp3) is 1.00. The van der Waals surface area contributed by atoms with Crippen LogP contribution < -0.4 is 0 Å². The monoisotopic (exact) mass is 546 g/mol. The van der Waals surface area contributed by atoms with Crippen LogP contribution in [-0.4, -0.2) is 55.3 Å². The van der Waals surface area contributed by atoms with Crippen molar-refractivity contribution in [3.8, 4) is 0 Å². The van der Waals surface area contributed by atoms with Crippen LogP contribution in [0.25, 0.3) is 0 Å². The maximum Gasteiger partial charge on any atom is 0.192 e. The second-order valence-corrected chi connectivity index (χ2v) is 24.2. The fourth-order valence-electron chi connectivity index (χ4n) is 4.41. The number of rotatable bonds is 16. The third kappa shape index (κ3) is 10.8. The summed E-state index contributed by atoms with van der Waals surface area (Å²) in [5.41, 5.74) is 0. The summed E-state index contributed by atoms with van der Waals surface area (Å²) in [6.07, 6.45) is 2.60. The molecular weight excluding hydrogens is 480 g/mol. The first kappa shape index (κ1) is 36.3. The van der Waals surface area contributed by atoms with E-state index in [4.69, 9.17) is 18.3 Å². The van der Waals surface area contributed by atoms with Gasteiger partial charge in [-0.15, -0.1) is 0 Å². The molecule has 36 heavy (non-hydrogen) atoms. The molecular formula is C30H66O4Si2. The van der Waals surface area contributed by atoms with Gasteiger partial charge in [0.15, 0.2) is 16.6 Å². The van der Waals surface area contributed by atoms with E-state index in [9.17, 15) is 0 Å². The molecule has 6 heteroatoms. The van der Waals surface area contributed by atoms with Crippen molar-refractivity contribution in [3.05, 3.63) is 0 Å². The molecule has 0 aromatic carbocycles. The average Bonchev–Trinajstić information content (AvgIpc) is 2.72. The minimum Gasteiger partial charge on any atom is -0.413 e. The molecule has 0 spiro atoms. The average molecular weight is 547 g/mol. The van der Waals surface area contributed by atoms with E-state index in [1.54, 1.807) is 0 Å². The molecule has 0 fully saturated rings. The summed E-state index contributed by atoms with van der Waals surface area (Å²) in [4.78, 5) is 0. The van der Waals surface area contributed by atoms with E-state index in [2.05, 4.69) is 109 Å². The van der Waals surface area contributed by atoms with E-state index in [0.717, 1.165) is 26.1 Å². The van der Waals surface area contributed by atoms with Crippen LogP contribution >= 0.6 is 0 Å². The van der Waals surface area contributed by atoms with Crippen LogP contribution in [0.2, 0.25) is 36.3 Å². The number of hydrogen-bond acceptors (Lipinski definition) is 4. The molecule has 7 atom stereocenters. The molecule has 0 N–H and O–H groups in total. The summed E-state index contributed by atoms with van der Waals surface area (Å²) in [6, 6.07) is 0. The fourth-order valence-corrected chi connectivity index (χ4v) is 7.39. The molecule has 4 nitrogen and oxygen atoms in total. The Morgan fingerprint density at radius 3 is 1.47 bits per heavy atom. The second-order valence-electron chi connectivity index (χ2n) is 14.7. The van der Waals surface area contributed by atoms with Gasteiger partial charge in [-0.3, -0.25) is 0 Å². The minimum absolute atomic E-state index is 0.151. The highest BCUT2D eigenvalue weighted by molar-refractivity contribution is 6.74. The highest BCUT2D eigenvalue weighted by Gasteiger charge is 2.44. The van der Waals surface area contributed by atoms with E-state index in [-0.39, 0.29) is 28.4 Å². The van der Waals surface area contributed by atoms with Crippen LogP contribution in [0.1, 0.15) is 95.9 Å². The zero-order chi connectivity index (χ0) is 28.7. The van der Waals surface area contributed by atoms with Gasteiger partial charge < -0.3 is 18.3 Å². The van der Waals surface area contributed by atoms with Crippen LogP contribution in [0.5, 0.6) is 0 Å². The van der Waals surface area contributed by atoms with Gasteiger partial charge in [0.2, 0.25) is 0 Å².